The minimum absolute atomic E-state index is 0.0940. The van der Waals surface area contributed by atoms with Crippen LogP contribution in [0.25, 0.3) is 0 Å². The lowest BCUT2D eigenvalue weighted by atomic mass is 9.58. The van der Waals surface area contributed by atoms with Crippen molar-refractivity contribution >= 4 is 5.78 Å². The molecule has 5 atom stereocenters. The molecule has 3 nitrogen and oxygen atoms in total. The summed E-state index contributed by atoms with van der Waals surface area (Å²) >= 11 is 0. The van der Waals surface area contributed by atoms with Crippen LogP contribution < -0.4 is 0 Å². The van der Waals surface area contributed by atoms with E-state index in [1.54, 1.807) is 0 Å². The fourth-order valence-corrected chi connectivity index (χ4v) is 5.51. The Balaban J connectivity index is 1.94. The Labute approximate surface area is 114 Å². The van der Waals surface area contributed by atoms with Gasteiger partial charge >= 0.3 is 0 Å². The summed E-state index contributed by atoms with van der Waals surface area (Å²) in [5.74, 6) is 1.45. The SMILES string of the molecule is C[C@H]1C=C2N3CCC[C@@H]4C(=O)C[C@H](C1)[C@]24[C@@H](O)CC3. The van der Waals surface area contributed by atoms with Crippen molar-refractivity contribution in [3.05, 3.63) is 11.8 Å². The molecule has 0 unspecified atom stereocenters. The Hall–Kier alpha value is -0.830. The second kappa shape index (κ2) is 3.85. The van der Waals surface area contributed by atoms with Crippen molar-refractivity contribution in [1.29, 1.82) is 0 Å². The minimum Gasteiger partial charge on any atom is -0.392 e. The van der Waals surface area contributed by atoms with Gasteiger partial charge in [-0.15, -0.1) is 0 Å². The number of nitrogens with zero attached hydrogens (tertiary/aromatic N) is 1. The van der Waals surface area contributed by atoms with Crippen LogP contribution >= 0.6 is 0 Å². The van der Waals surface area contributed by atoms with Gasteiger partial charge in [-0.3, -0.25) is 4.79 Å². The van der Waals surface area contributed by atoms with Gasteiger partial charge in [0.1, 0.15) is 5.78 Å². The topological polar surface area (TPSA) is 40.5 Å². The maximum atomic E-state index is 12.5. The van der Waals surface area contributed by atoms with E-state index in [-0.39, 0.29) is 17.4 Å². The van der Waals surface area contributed by atoms with E-state index in [9.17, 15) is 9.90 Å². The predicted octanol–water partition coefficient (Wildman–Crippen LogP) is 1.96. The van der Waals surface area contributed by atoms with E-state index in [0.29, 0.717) is 24.0 Å². The molecule has 2 saturated heterocycles. The first-order valence-electron chi connectivity index (χ1n) is 7.82. The monoisotopic (exact) mass is 261 g/mol. The number of aliphatic hydroxyl groups is 1. The molecule has 0 amide bonds. The molecule has 1 spiro atoms. The molecule has 1 saturated carbocycles. The second-order valence-electron chi connectivity index (χ2n) is 7.05. The van der Waals surface area contributed by atoms with Crippen molar-refractivity contribution in [3.63, 3.8) is 0 Å². The number of piperidine rings is 1. The number of hydrogen-bond acceptors (Lipinski definition) is 3. The smallest absolute Gasteiger partial charge is 0.137 e. The summed E-state index contributed by atoms with van der Waals surface area (Å²) in [6, 6.07) is 0. The third kappa shape index (κ3) is 1.35. The summed E-state index contributed by atoms with van der Waals surface area (Å²) in [5, 5.41) is 10.8. The van der Waals surface area contributed by atoms with Gasteiger partial charge in [-0.2, -0.15) is 0 Å². The van der Waals surface area contributed by atoms with Crippen LogP contribution in [0.15, 0.2) is 11.8 Å². The molecule has 2 aliphatic carbocycles. The Morgan fingerprint density at radius 1 is 1.37 bits per heavy atom. The fourth-order valence-electron chi connectivity index (χ4n) is 5.51. The third-order valence-corrected chi connectivity index (χ3v) is 6.12. The van der Waals surface area contributed by atoms with E-state index in [1.165, 1.54) is 5.70 Å². The van der Waals surface area contributed by atoms with Gasteiger partial charge in [0.25, 0.3) is 0 Å². The summed E-state index contributed by atoms with van der Waals surface area (Å²) in [6.07, 6.45) is 6.77. The first-order valence-corrected chi connectivity index (χ1v) is 7.82. The van der Waals surface area contributed by atoms with Crippen LogP contribution in [0.5, 0.6) is 0 Å². The van der Waals surface area contributed by atoms with Crippen LogP contribution in [0.2, 0.25) is 0 Å². The van der Waals surface area contributed by atoms with Gasteiger partial charge in [0.2, 0.25) is 0 Å². The maximum absolute atomic E-state index is 12.5. The highest BCUT2D eigenvalue weighted by atomic mass is 16.3. The summed E-state index contributed by atoms with van der Waals surface area (Å²) in [6.45, 7) is 4.30. The second-order valence-corrected chi connectivity index (χ2v) is 7.05. The van der Waals surface area contributed by atoms with Gasteiger partial charge in [0, 0.05) is 36.5 Å². The Bertz CT molecular complexity index is 458. The molecule has 2 aliphatic heterocycles. The predicted molar refractivity (Wildman–Crippen MR) is 72.3 cm³/mol. The molecule has 2 heterocycles. The molecule has 3 fully saturated rings. The molecule has 0 aromatic heterocycles. The van der Waals surface area contributed by atoms with Gasteiger partial charge in [0.05, 0.1) is 6.10 Å². The highest BCUT2D eigenvalue weighted by Crippen LogP contribution is 2.62. The molecular formula is C16H23NO2. The summed E-state index contributed by atoms with van der Waals surface area (Å²) in [7, 11) is 0. The number of carbonyl (C=O) groups is 1. The van der Waals surface area contributed by atoms with Crippen molar-refractivity contribution in [2.45, 2.75) is 45.1 Å². The number of Topliss-reactive ketones (excluding diaryl/α,β-unsaturated/α-hetero) is 1. The average Bonchev–Trinajstić information content (AvgIpc) is 2.56. The van der Waals surface area contributed by atoms with E-state index < -0.39 is 0 Å². The lowest BCUT2D eigenvalue weighted by molar-refractivity contribution is -0.125. The summed E-state index contributed by atoms with van der Waals surface area (Å²) in [4.78, 5) is 15.0. The van der Waals surface area contributed by atoms with Crippen LogP contribution in [-0.4, -0.2) is 35.0 Å². The zero-order valence-corrected chi connectivity index (χ0v) is 11.6. The lowest BCUT2D eigenvalue weighted by Crippen LogP contribution is -2.55. The van der Waals surface area contributed by atoms with Crippen LogP contribution in [0.4, 0.5) is 0 Å². The molecule has 19 heavy (non-hydrogen) atoms. The zero-order chi connectivity index (χ0) is 13.2. The highest BCUT2D eigenvalue weighted by molar-refractivity contribution is 5.86. The van der Waals surface area contributed by atoms with Crippen LogP contribution in [0.1, 0.15) is 39.0 Å². The molecule has 0 radical (unpaired) electrons. The standard InChI is InChI=1S/C16H23NO2/c1-10-7-11-9-13(18)12-3-2-5-17-6-4-15(19)16(11,12)14(17)8-10/h8,10-12,15,19H,2-7,9H2,1H3/t10-,11+,12-,15+,16-/m1/s1. The van der Waals surface area contributed by atoms with E-state index in [0.717, 1.165) is 38.8 Å². The van der Waals surface area contributed by atoms with E-state index in [4.69, 9.17) is 0 Å². The molecular weight excluding hydrogens is 238 g/mol. The fraction of sp³-hybridized carbons (Fsp3) is 0.812. The Kier molecular flexibility index (Phi) is 2.42. The van der Waals surface area contributed by atoms with Crippen molar-refractivity contribution in [2.75, 3.05) is 13.1 Å². The molecule has 0 aromatic rings. The molecule has 104 valence electrons. The normalized spacial score (nSPS) is 48.6. The number of aliphatic hydroxyl groups excluding tert-OH is 1. The van der Waals surface area contributed by atoms with Crippen molar-refractivity contribution in [3.8, 4) is 0 Å². The summed E-state index contributed by atoms with van der Waals surface area (Å²) in [5.41, 5.74) is 1.13. The zero-order valence-electron chi connectivity index (χ0n) is 11.6. The third-order valence-electron chi connectivity index (χ3n) is 6.12. The molecule has 3 heteroatoms. The molecule has 0 aromatic carbocycles. The van der Waals surface area contributed by atoms with E-state index in [2.05, 4.69) is 17.9 Å². The number of ketones is 1. The van der Waals surface area contributed by atoms with Crippen molar-refractivity contribution < 1.29 is 9.90 Å². The van der Waals surface area contributed by atoms with Gasteiger partial charge in [-0.1, -0.05) is 13.0 Å². The van der Waals surface area contributed by atoms with Gasteiger partial charge in [-0.25, -0.2) is 0 Å². The van der Waals surface area contributed by atoms with E-state index >= 15 is 0 Å². The highest BCUT2D eigenvalue weighted by Gasteiger charge is 2.64. The van der Waals surface area contributed by atoms with Crippen molar-refractivity contribution in [1.82, 2.24) is 4.90 Å². The minimum atomic E-state index is -0.304. The van der Waals surface area contributed by atoms with Crippen LogP contribution in [-0.2, 0) is 4.79 Å². The molecule has 1 N–H and O–H groups in total. The van der Waals surface area contributed by atoms with Crippen molar-refractivity contribution in [2.24, 2.45) is 23.2 Å². The first-order chi connectivity index (χ1) is 9.14. The van der Waals surface area contributed by atoms with Crippen LogP contribution in [0, 0.1) is 23.2 Å². The largest absolute Gasteiger partial charge is 0.392 e. The van der Waals surface area contributed by atoms with Gasteiger partial charge < -0.3 is 10.0 Å². The number of rotatable bonds is 0. The average molecular weight is 261 g/mol. The molecule has 4 rings (SSSR count). The molecule has 2 bridgehead atoms. The van der Waals surface area contributed by atoms with E-state index in [1.807, 2.05) is 0 Å². The maximum Gasteiger partial charge on any atom is 0.137 e. The van der Waals surface area contributed by atoms with Gasteiger partial charge in [-0.05, 0) is 37.5 Å². The number of carbonyl (C=O) groups excluding carboxylic acids is 1. The summed E-state index contributed by atoms with van der Waals surface area (Å²) < 4.78 is 0. The Morgan fingerprint density at radius 3 is 3.05 bits per heavy atom. The number of hydrogen-bond donors (Lipinski definition) is 1. The van der Waals surface area contributed by atoms with Crippen LogP contribution in [0.3, 0.4) is 0 Å². The molecule has 4 aliphatic rings. The van der Waals surface area contributed by atoms with Gasteiger partial charge in [0.15, 0.2) is 0 Å². The quantitative estimate of drug-likeness (QED) is 0.724. The Morgan fingerprint density at radius 2 is 2.21 bits per heavy atom. The number of allylic oxidation sites excluding steroid dienone is 1. The first kappa shape index (κ1) is 12.0. The lowest BCUT2D eigenvalue weighted by Gasteiger charge is -2.53.